The lowest BCUT2D eigenvalue weighted by Gasteiger charge is -2.16. The Balaban J connectivity index is 2.05. The first-order valence-electron chi connectivity index (χ1n) is 7.16. The Labute approximate surface area is 119 Å². The van der Waals surface area contributed by atoms with E-state index in [0.717, 1.165) is 16.9 Å². The van der Waals surface area contributed by atoms with Gasteiger partial charge in [-0.25, -0.2) is 0 Å². The van der Waals surface area contributed by atoms with E-state index >= 15 is 0 Å². The number of benzene rings is 1. The minimum absolute atomic E-state index is 0.614. The highest BCUT2D eigenvalue weighted by Crippen LogP contribution is 2.41. The highest BCUT2D eigenvalue weighted by atomic mass is 16.5. The molecule has 0 saturated heterocycles. The van der Waals surface area contributed by atoms with Crippen LogP contribution in [0.3, 0.4) is 0 Å². The lowest BCUT2D eigenvalue weighted by Crippen LogP contribution is -2.00. The Morgan fingerprint density at radius 1 is 1.30 bits per heavy atom. The molecule has 1 fully saturated rings. The van der Waals surface area contributed by atoms with E-state index in [1.165, 1.54) is 31.2 Å². The van der Waals surface area contributed by atoms with Gasteiger partial charge in [0.05, 0.1) is 13.3 Å². The number of hydrogen-bond acceptors (Lipinski definition) is 3. The van der Waals surface area contributed by atoms with Gasteiger partial charge in [0.25, 0.3) is 0 Å². The quantitative estimate of drug-likeness (QED) is 0.931. The molecule has 0 unspecified atom stereocenters. The Morgan fingerprint density at radius 2 is 2.05 bits per heavy atom. The van der Waals surface area contributed by atoms with Gasteiger partial charge < -0.3 is 10.5 Å². The van der Waals surface area contributed by atoms with Crippen molar-refractivity contribution >= 4 is 5.82 Å². The molecule has 0 amide bonds. The van der Waals surface area contributed by atoms with E-state index in [4.69, 9.17) is 10.5 Å². The molecule has 4 heteroatoms. The summed E-state index contributed by atoms with van der Waals surface area (Å²) in [6.45, 7) is 0. The molecule has 0 bridgehead atoms. The van der Waals surface area contributed by atoms with Crippen molar-refractivity contribution < 1.29 is 4.74 Å². The number of aryl methyl sites for hydroxylation is 1. The van der Waals surface area contributed by atoms with Crippen LogP contribution in [0.5, 0.6) is 5.75 Å². The first-order chi connectivity index (χ1) is 9.70. The number of nitrogens with zero attached hydrogens (tertiary/aromatic N) is 2. The molecule has 1 aromatic carbocycles. The lowest BCUT2D eigenvalue weighted by molar-refractivity contribution is 0.405. The summed E-state index contributed by atoms with van der Waals surface area (Å²) in [6, 6.07) is 6.34. The normalized spacial score (nSPS) is 15.7. The number of aromatic nitrogens is 2. The zero-order chi connectivity index (χ0) is 14.1. The number of hydrogen-bond donors (Lipinski definition) is 1. The van der Waals surface area contributed by atoms with Crippen molar-refractivity contribution in [1.82, 2.24) is 9.78 Å². The fourth-order valence-corrected chi connectivity index (χ4v) is 3.13. The average Bonchev–Trinajstić information content (AvgIpc) is 3.10. The minimum atomic E-state index is 0.614. The van der Waals surface area contributed by atoms with Crippen LogP contribution in [0.15, 0.2) is 24.4 Å². The van der Waals surface area contributed by atoms with Gasteiger partial charge in [-0.3, -0.25) is 4.68 Å². The molecule has 1 aliphatic rings. The molecule has 1 heterocycles. The van der Waals surface area contributed by atoms with E-state index in [9.17, 15) is 0 Å². The number of rotatable bonds is 3. The predicted molar refractivity (Wildman–Crippen MR) is 80.8 cm³/mol. The van der Waals surface area contributed by atoms with Gasteiger partial charge in [0.1, 0.15) is 11.6 Å². The van der Waals surface area contributed by atoms with Crippen LogP contribution < -0.4 is 10.5 Å². The van der Waals surface area contributed by atoms with Crippen LogP contribution >= 0.6 is 0 Å². The number of nitrogen functional groups attached to an aromatic ring is 1. The molecule has 3 rings (SSSR count). The van der Waals surface area contributed by atoms with Crippen LogP contribution in [0, 0.1) is 0 Å². The van der Waals surface area contributed by atoms with Crippen LogP contribution in [0.1, 0.15) is 37.2 Å². The number of nitrogens with two attached hydrogens (primary N) is 1. The standard InChI is InChI=1S/C16H21N3O/c1-19-16(17)14(10-18-19)12-7-8-15(20-2)13(9-12)11-5-3-4-6-11/h7-11H,3-6,17H2,1-2H3. The topological polar surface area (TPSA) is 53.1 Å². The fraction of sp³-hybridized carbons (Fsp3) is 0.438. The zero-order valence-electron chi connectivity index (χ0n) is 12.1. The summed E-state index contributed by atoms with van der Waals surface area (Å²) in [5.74, 6) is 2.30. The zero-order valence-corrected chi connectivity index (χ0v) is 12.1. The highest BCUT2D eigenvalue weighted by molar-refractivity contribution is 5.74. The molecule has 106 valence electrons. The first-order valence-corrected chi connectivity index (χ1v) is 7.16. The molecule has 2 aromatic rings. The van der Waals surface area contributed by atoms with E-state index in [1.807, 2.05) is 13.2 Å². The van der Waals surface area contributed by atoms with Gasteiger partial charge in [0.15, 0.2) is 0 Å². The summed E-state index contributed by atoms with van der Waals surface area (Å²) in [4.78, 5) is 0. The molecule has 2 N–H and O–H groups in total. The molecule has 1 aliphatic carbocycles. The second kappa shape index (κ2) is 5.19. The van der Waals surface area contributed by atoms with Gasteiger partial charge in [-0.15, -0.1) is 0 Å². The molecule has 0 aliphatic heterocycles. The third-order valence-corrected chi connectivity index (χ3v) is 4.32. The SMILES string of the molecule is COc1ccc(-c2cnn(C)c2N)cc1C1CCCC1. The Kier molecular flexibility index (Phi) is 3.38. The number of ether oxygens (including phenoxy) is 1. The van der Waals surface area contributed by atoms with E-state index in [2.05, 4.69) is 23.3 Å². The van der Waals surface area contributed by atoms with Crippen LogP contribution in [0.2, 0.25) is 0 Å². The largest absolute Gasteiger partial charge is 0.496 e. The molecule has 20 heavy (non-hydrogen) atoms. The van der Waals surface area contributed by atoms with Crippen molar-refractivity contribution in [2.24, 2.45) is 7.05 Å². The smallest absolute Gasteiger partial charge is 0.129 e. The summed E-state index contributed by atoms with van der Waals surface area (Å²) in [6.07, 6.45) is 6.96. The second-order valence-corrected chi connectivity index (χ2v) is 5.51. The van der Waals surface area contributed by atoms with Gasteiger partial charge in [-0.05, 0) is 42.0 Å². The van der Waals surface area contributed by atoms with E-state index in [1.54, 1.807) is 11.8 Å². The lowest BCUT2D eigenvalue weighted by atomic mass is 9.93. The molecule has 0 atom stereocenters. The predicted octanol–water partition coefficient (Wildman–Crippen LogP) is 3.34. The maximum atomic E-state index is 6.08. The Morgan fingerprint density at radius 3 is 2.65 bits per heavy atom. The summed E-state index contributed by atoms with van der Waals surface area (Å²) in [5, 5.41) is 4.22. The molecule has 0 radical (unpaired) electrons. The summed E-state index contributed by atoms with van der Waals surface area (Å²) >= 11 is 0. The average molecular weight is 271 g/mol. The maximum Gasteiger partial charge on any atom is 0.129 e. The number of methoxy groups -OCH3 is 1. The van der Waals surface area contributed by atoms with Crippen molar-refractivity contribution in [2.75, 3.05) is 12.8 Å². The van der Waals surface area contributed by atoms with Crippen LogP contribution in [-0.4, -0.2) is 16.9 Å². The number of anilines is 1. The van der Waals surface area contributed by atoms with Gasteiger partial charge in [-0.1, -0.05) is 18.9 Å². The van der Waals surface area contributed by atoms with Crippen LogP contribution in [-0.2, 0) is 7.05 Å². The Hall–Kier alpha value is -1.97. The van der Waals surface area contributed by atoms with Crippen molar-refractivity contribution in [3.63, 3.8) is 0 Å². The van der Waals surface area contributed by atoms with Crippen molar-refractivity contribution in [3.8, 4) is 16.9 Å². The van der Waals surface area contributed by atoms with Crippen LogP contribution in [0.4, 0.5) is 5.82 Å². The molecule has 0 spiro atoms. The second-order valence-electron chi connectivity index (χ2n) is 5.51. The maximum absolute atomic E-state index is 6.08. The van der Waals surface area contributed by atoms with Gasteiger partial charge >= 0.3 is 0 Å². The third kappa shape index (κ3) is 2.15. The van der Waals surface area contributed by atoms with Crippen molar-refractivity contribution in [1.29, 1.82) is 0 Å². The van der Waals surface area contributed by atoms with Gasteiger partial charge in [0, 0.05) is 12.6 Å². The van der Waals surface area contributed by atoms with Crippen molar-refractivity contribution in [3.05, 3.63) is 30.0 Å². The van der Waals surface area contributed by atoms with Gasteiger partial charge in [-0.2, -0.15) is 5.10 Å². The summed E-state index contributed by atoms with van der Waals surface area (Å²) < 4.78 is 7.24. The van der Waals surface area contributed by atoms with E-state index in [-0.39, 0.29) is 0 Å². The van der Waals surface area contributed by atoms with E-state index < -0.39 is 0 Å². The summed E-state index contributed by atoms with van der Waals surface area (Å²) in [7, 11) is 3.60. The first kappa shape index (κ1) is 13.0. The Bertz CT molecular complexity index is 612. The minimum Gasteiger partial charge on any atom is -0.496 e. The molecule has 1 aromatic heterocycles. The monoisotopic (exact) mass is 271 g/mol. The van der Waals surface area contributed by atoms with Gasteiger partial charge in [0.2, 0.25) is 0 Å². The van der Waals surface area contributed by atoms with E-state index in [0.29, 0.717) is 11.7 Å². The highest BCUT2D eigenvalue weighted by Gasteiger charge is 2.21. The third-order valence-electron chi connectivity index (χ3n) is 4.32. The van der Waals surface area contributed by atoms with Crippen molar-refractivity contribution in [2.45, 2.75) is 31.6 Å². The van der Waals surface area contributed by atoms with Crippen LogP contribution in [0.25, 0.3) is 11.1 Å². The molecule has 1 saturated carbocycles. The molecule has 4 nitrogen and oxygen atoms in total. The molecular formula is C16H21N3O. The fourth-order valence-electron chi connectivity index (χ4n) is 3.13. The molecular weight excluding hydrogens is 250 g/mol. The summed E-state index contributed by atoms with van der Waals surface area (Å²) in [5.41, 5.74) is 9.51.